The quantitative estimate of drug-likeness (QED) is 0.677. The van der Waals surface area contributed by atoms with Crippen LogP contribution in [-0.2, 0) is 30.5 Å². The van der Waals surface area contributed by atoms with Gasteiger partial charge in [0.25, 0.3) is 5.56 Å². The Kier molecular flexibility index (Phi) is 4.86. The molecule has 0 unspecified atom stereocenters. The fourth-order valence-corrected chi connectivity index (χ4v) is 5.41. The first-order valence-corrected chi connectivity index (χ1v) is 10.6. The number of thiazole rings is 1. The Labute approximate surface area is 158 Å². The summed E-state index contributed by atoms with van der Waals surface area (Å²) in [7, 11) is 0. The molecule has 0 fully saturated rings. The summed E-state index contributed by atoms with van der Waals surface area (Å²) in [6.07, 6.45) is 5.77. The molecule has 1 aliphatic rings. The molecule has 26 heavy (non-hydrogen) atoms. The molecule has 6 nitrogen and oxygen atoms in total. The van der Waals surface area contributed by atoms with Crippen molar-refractivity contribution in [3.63, 3.8) is 0 Å². The molecule has 0 spiro atoms. The van der Waals surface area contributed by atoms with Crippen molar-refractivity contribution < 1.29 is 4.79 Å². The predicted molar refractivity (Wildman–Crippen MR) is 105 cm³/mol. The van der Waals surface area contributed by atoms with Crippen molar-refractivity contribution in [3.8, 4) is 0 Å². The highest BCUT2D eigenvalue weighted by Gasteiger charge is 2.21. The maximum atomic E-state index is 12.4. The maximum absolute atomic E-state index is 12.4. The minimum absolute atomic E-state index is 0.0754. The average Bonchev–Trinajstić information content (AvgIpc) is 3.29. The molecule has 136 valence electrons. The van der Waals surface area contributed by atoms with E-state index < -0.39 is 0 Å². The van der Waals surface area contributed by atoms with Crippen LogP contribution in [0.1, 0.15) is 47.5 Å². The van der Waals surface area contributed by atoms with Crippen molar-refractivity contribution in [2.24, 2.45) is 0 Å². The fraction of sp³-hybridized carbons (Fsp3) is 0.444. The number of thiophene rings is 1. The van der Waals surface area contributed by atoms with Crippen LogP contribution in [0.4, 0.5) is 5.82 Å². The number of carbonyl (C=O) groups excluding carboxylic acids is 1. The molecule has 0 saturated heterocycles. The van der Waals surface area contributed by atoms with Gasteiger partial charge in [-0.1, -0.05) is 6.92 Å². The topological polar surface area (TPSA) is 87.7 Å². The number of H-pyrrole nitrogens is 1. The van der Waals surface area contributed by atoms with E-state index in [0.29, 0.717) is 18.1 Å². The molecule has 0 aliphatic heterocycles. The summed E-state index contributed by atoms with van der Waals surface area (Å²) in [5.41, 5.74) is 1.10. The van der Waals surface area contributed by atoms with Crippen LogP contribution < -0.4 is 10.9 Å². The lowest BCUT2D eigenvalue weighted by molar-refractivity contribution is -0.116. The molecule has 1 aliphatic carbocycles. The second-order valence-electron chi connectivity index (χ2n) is 6.47. The van der Waals surface area contributed by atoms with Gasteiger partial charge in [-0.25, -0.2) is 9.97 Å². The van der Waals surface area contributed by atoms with Gasteiger partial charge in [0.2, 0.25) is 5.91 Å². The molecule has 0 saturated carbocycles. The van der Waals surface area contributed by atoms with Crippen LogP contribution in [0.25, 0.3) is 10.2 Å². The molecule has 3 aromatic heterocycles. The Morgan fingerprint density at radius 1 is 1.31 bits per heavy atom. The molecule has 1 amide bonds. The Morgan fingerprint density at radius 3 is 3.04 bits per heavy atom. The number of hydrogen-bond donors (Lipinski definition) is 2. The van der Waals surface area contributed by atoms with Crippen LogP contribution in [0.15, 0.2) is 10.2 Å². The van der Waals surface area contributed by atoms with Gasteiger partial charge in [0.05, 0.1) is 10.4 Å². The van der Waals surface area contributed by atoms with Crippen molar-refractivity contribution >= 4 is 44.6 Å². The highest BCUT2D eigenvalue weighted by molar-refractivity contribution is 7.18. The maximum Gasteiger partial charge on any atom is 0.259 e. The van der Waals surface area contributed by atoms with Crippen LogP contribution in [0.3, 0.4) is 0 Å². The fourth-order valence-electron chi connectivity index (χ4n) is 3.30. The molecule has 0 atom stereocenters. The molecule has 0 radical (unpaired) electrons. The van der Waals surface area contributed by atoms with Gasteiger partial charge in [0, 0.05) is 23.1 Å². The lowest BCUT2D eigenvalue weighted by Gasteiger charge is -2.03. The summed E-state index contributed by atoms with van der Waals surface area (Å²) in [5.74, 6) is 1.06. The number of hydrogen-bond acceptors (Lipinski definition) is 6. The molecule has 0 aromatic carbocycles. The van der Waals surface area contributed by atoms with Crippen LogP contribution in [0, 0.1) is 0 Å². The largest absolute Gasteiger partial charge is 0.310 e. The average molecular weight is 389 g/mol. The number of fused-ring (bicyclic) bond motifs is 3. The number of aromatic amines is 1. The van der Waals surface area contributed by atoms with E-state index in [1.807, 2.05) is 5.38 Å². The number of amides is 1. The number of carbonyl (C=O) groups is 1. The van der Waals surface area contributed by atoms with E-state index in [1.165, 1.54) is 10.4 Å². The Hall–Kier alpha value is -2.06. The van der Waals surface area contributed by atoms with Crippen LogP contribution in [0.5, 0.6) is 0 Å². The smallest absolute Gasteiger partial charge is 0.259 e. The molecule has 2 N–H and O–H groups in total. The third-order valence-electron chi connectivity index (χ3n) is 4.50. The van der Waals surface area contributed by atoms with E-state index in [0.717, 1.165) is 47.3 Å². The van der Waals surface area contributed by atoms with Gasteiger partial charge in [0.1, 0.15) is 16.5 Å². The zero-order chi connectivity index (χ0) is 18.1. The van der Waals surface area contributed by atoms with Crippen LogP contribution >= 0.6 is 22.7 Å². The summed E-state index contributed by atoms with van der Waals surface area (Å²) in [5, 5.41) is 6.46. The number of aryl methyl sites for hydroxylation is 4. The normalized spacial score (nSPS) is 13.3. The Balaban J connectivity index is 1.42. The third kappa shape index (κ3) is 3.43. The SMILES string of the molecule is CCCc1nc(NC(=O)CCc2nc3sc4c(c3c(=O)[nH]2)CCC4)cs1. The summed E-state index contributed by atoms with van der Waals surface area (Å²) in [4.78, 5) is 38.5. The van der Waals surface area contributed by atoms with Gasteiger partial charge in [0.15, 0.2) is 0 Å². The zero-order valence-corrected chi connectivity index (χ0v) is 16.2. The summed E-state index contributed by atoms with van der Waals surface area (Å²) in [6, 6.07) is 0. The second kappa shape index (κ2) is 7.28. The Morgan fingerprint density at radius 2 is 2.19 bits per heavy atom. The first-order chi connectivity index (χ1) is 12.6. The van der Waals surface area contributed by atoms with Crippen molar-refractivity contribution in [2.45, 2.75) is 51.9 Å². The molecule has 0 bridgehead atoms. The third-order valence-corrected chi connectivity index (χ3v) is 6.59. The van der Waals surface area contributed by atoms with Crippen molar-refractivity contribution in [1.82, 2.24) is 15.0 Å². The van der Waals surface area contributed by atoms with Crippen LogP contribution in [0.2, 0.25) is 0 Å². The number of nitrogens with one attached hydrogen (secondary N) is 2. The van der Waals surface area contributed by atoms with E-state index in [1.54, 1.807) is 22.7 Å². The molecule has 4 rings (SSSR count). The monoisotopic (exact) mass is 388 g/mol. The molecular weight excluding hydrogens is 368 g/mol. The summed E-state index contributed by atoms with van der Waals surface area (Å²) in [6.45, 7) is 2.10. The lowest BCUT2D eigenvalue weighted by atomic mass is 10.2. The highest BCUT2D eigenvalue weighted by atomic mass is 32.1. The van der Waals surface area contributed by atoms with E-state index in [9.17, 15) is 9.59 Å². The van der Waals surface area contributed by atoms with Gasteiger partial charge < -0.3 is 10.3 Å². The minimum Gasteiger partial charge on any atom is -0.310 e. The highest BCUT2D eigenvalue weighted by Crippen LogP contribution is 2.34. The molecule has 8 heteroatoms. The summed E-state index contributed by atoms with van der Waals surface area (Å²) >= 11 is 3.18. The second-order valence-corrected chi connectivity index (χ2v) is 8.50. The van der Waals surface area contributed by atoms with Gasteiger partial charge >= 0.3 is 0 Å². The number of nitrogens with zero attached hydrogens (tertiary/aromatic N) is 2. The van der Waals surface area contributed by atoms with Crippen molar-refractivity contribution in [1.29, 1.82) is 0 Å². The zero-order valence-electron chi connectivity index (χ0n) is 14.6. The van der Waals surface area contributed by atoms with E-state index in [2.05, 4.69) is 27.2 Å². The molecule has 3 aromatic rings. The lowest BCUT2D eigenvalue weighted by Crippen LogP contribution is -2.16. The van der Waals surface area contributed by atoms with Gasteiger partial charge in [-0.3, -0.25) is 9.59 Å². The summed E-state index contributed by atoms with van der Waals surface area (Å²) < 4.78 is 0. The van der Waals surface area contributed by atoms with E-state index in [4.69, 9.17) is 0 Å². The van der Waals surface area contributed by atoms with Gasteiger partial charge in [-0.05, 0) is 37.7 Å². The van der Waals surface area contributed by atoms with Gasteiger partial charge in [-0.2, -0.15) is 0 Å². The van der Waals surface area contributed by atoms with E-state index >= 15 is 0 Å². The number of anilines is 1. The van der Waals surface area contributed by atoms with Crippen molar-refractivity contribution in [2.75, 3.05) is 5.32 Å². The van der Waals surface area contributed by atoms with Gasteiger partial charge in [-0.15, -0.1) is 22.7 Å². The van der Waals surface area contributed by atoms with Crippen molar-refractivity contribution in [3.05, 3.63) is 37.0 Å². The first kappa shape index (κ1) is 17.4. The minimum atomic E-state index is -0.116. The standard InChI is InChI=1S/C18H20N4O2S2/c1-2-4-15-20-13(9-25-15)19-14(23)8-7-12-21-17(24)16-10-5-3-6-11(10)26-18(16)22-12/h9H,2-8H2,1H3,(H,19,23)(H,21,22,24). The number of aromatic nitrogens is 3. The number of rotatable bonds is 6. The molecule has 3 heterocycles. The molecular formula is C18H20N4O2S2. The Bertz CT molecular complexity index is 1020. The van der Waals surface area contributed by atoms with Crippen LogP contribution in [-0.4, -0.2) is 20.9 Å². The first-order valence-electron chi connectivity index (χ1n) is 8.91. The predicted octanol–water partition coefficient (Wildman–Crippen LogP) is 3.45. The van der Waals surface area contributed by atoms with E-state index in [-0.39, 0.29) is 17.9 Å².